The molecule has 0 spiro atoms. The van der Waals surface area contributed by atoms with Crippen molar-refractivity contribution in [1.29, 1.82) is 5.26 Å². The SMILES string of the molecule is Cc1cc(C#N)ccc1-c1cnn(-c2ccc(C(=O)N3CC[C@H](N(C)CN=[N+]=[N-])C3)cn2)c1O. The van der Waals surface area contributed by atoms with Crippen molar-refractivity contribution in [1.82, 2.24) is 24.6 Å². The number of likely N-dealkylation sites (N-methyl/N-ethyl adjacent to an activating group) is 1. The summed E-state index contributed by atoms with van der Waals surface area (Å²) >= 11 is 0. The topological polar surface area (TPSA) is 147 Å². The van der Waals surface area contributed by atoms with E-state index < -0.39 is 0 Å². The summed E-state index contributed by atoms with van der Waals surface area (Å²) in [7, 11) is 1.87. The van der Waals surface area contributed by atoms with Gasteiger partial charge in [0.1, 0.15) is 0 Å². The van der Waals surface area contributed by atoms with Gasteiger partial charge in [-0.15, -0.1) is 0 Å². The lowest BCUT2D eigenvalue weighted by atomic mass is 10.0. The van der Waals surface area contributed by atoms with Crippen LogP contribution in [0.1, 0.15) is 27.9 Å². The number of hydrogen-bond donors (Lipinski definition) is 1. The lowest BCUT2D eigenvalue weighted by molar-refractivity contribution is 0.0780. The van der Waals surface area contributed by atoms with E-state index >= 15 is 0 Å². The van der Waals surface area contributed by atoms with Gasteiger partial charge in [0.2, 0.25) is 5.88 Å². The zero-order chi connectivity index (χ0) is 24.2. The highest BCUT2D eigenvalue weighted by Gasteiger charge is 2.29. The molecule has 1 aliphatic rings. The Kier molecular flexibility index (Phi) is 6.45. The summed E-state index contributed by atoms with van der Waals surface area (Å²) in [6.07, 6.45) is 3.82. The minimum absolute atomic E-state index is 0.0789. The summed E-state index contributed by atoms with van der Waals surface area (Å²) in [5, 5.41) is 27.7. The van der Waals surface area contributed by atoms with E-state index in [0.717, 1.165) is 17.5 Å². The molecule has 1 N–H and O–H groups in total. The highest BCUT2D eigenvalue weighted by Crippen LogP contribution is 2.33. The van der Waals surface area contributed by atoms with Crippen LogP contribution < -0.4 is 0 Å². The van der Waals surface area contributed by atoms with Crippen LogP contribution in [0.3, 0.4) is 0 Å². The van der Waals surface area contributed by atoms with Gasteiger partial charge < -0.3 is 10.0 Å². The van der Waals surface area contributed by atoms with E-state index in [1.54, 1.807) is 41.4 Å². The molecule has 2 aromatic heterocycles. The first-order chi connectivity index (χ1) is 16.4. The zero-order valence-electron chi connectivity index (χ0n) is 18.8. The summed E-state index contributed by atoms with van der Waals surface area (Å²) in [6, 6.07) is 10.7. The molecule has 172 valence electrons. The second-order valence-corrected chi connectivity index (χ2v) is 8.16. The lowest BCUT2D eigenvalue weighted by Gasteiger charge is -2.22. The molecular formula is C23H23N9O2. The minimum Gasteiger partial charge on any atom is -0.493 e. The number of hydrogen-bond acceptors (Lipinski definition) is 7. The number of aromatic hydroxyl groups is 1. The summed E-state index contributed by atoms with van der Waals surface area (Å²) in [6.45, 7) is 3.28. The van der Waals surface area contributed by atoms with E-state index in [1.165, 1.54) is 10.9 Å². The average molecular weight is 457 g/mol. The molecule has 3 aromatic rings. The van der Waals surface area contributed by atoms with Crippen molar-refractivity contribution in [3.63, 3.8) is 0 Å². The Bertz CT molecular complexity index is 1300. The predicted octanol–water partition coefficient (Wildman–Crippen LogP) is 3.23. The number of aromatic nitrogens is 3. The van der Waals surface area contributed by atoms with Gasteiger partial charge in [-0.25, -0.2) is 4.98 Å². The molecule has 1 fully saturated rings. The molecule has 0 saturated carbocycles. The molecule has 11 nitrogen and oxygen atoms in total. The fourth-order valence-corrected chi connectivity index (χ4v) is 4.09. The summed E-state index contributed by atoms with van der Waals surface area (Å²) in [4.78, 5) is 23.7. The molecule has 0 aliphatic carbocycles. The minimum atomic E-state index is -0.127. The van der Waals surface area contributed by atoms with E-state index in [-0.39, 0.29) is 24.5 Å². The van der Waals surface area contributed by atoms with Crippen molar-refractivity contribution in [2.75, 3.05) is 26.8 Å². The first-order valence-corrected chi connectivity index (χ1v) is 10.7. The molecule has 4 rings (SSSR count). The van der Waals surface area contributed by atoms with Crippen LogP contribution in [0.4, 0.5) is 0 Å². The number of azide groups is 1. The van der Waals surface area contributed by atoms with E-state index in [4.69, 9.17) is 10.8 Å². The second-order valence-electron chi connectivity index (χ2n) is 8.16. The Balaban J connectivity index is 1.49. The van der Waals surface area contributed by atoms with Crippen molar-refractivity contribution in [2.45, 2.75) is 19.4 Å². The van der Waals surface area contributed by atoms with E-state index in [2.05, 4.69) is 26.2 Å². The monoisotopic (exact) mass is 457 g/mol. The van der Waals surface area contributed by atoms with Gasteiger partial charge in [-0.05, 0) is 61.3 Å². The van der Waals surface area contributed by atoms with Crippen LogP contribution in [0.2, 0.25) is 0 Å². The number of carbonyl (C=O) groups excluding carboxylic acids is 1. The van der Waals surface area contributed by atoms with E-state index in [1.807, 2.05) is 18.9 Å². The Labute approximate surface area is 196 Å². The van der Waals surface area contributed by atoms with Crippen molar-refractivity contribution < 1.29 is 9.90 Å². The summed E-state index contributed by atoms with van der Waals surface area (Å²) in [5.74, 6) is 0.169. The molecule has 3 heterocycles. The standard InChI is InChI=1S/C23H23N9O2/c1-15-9-16(10-24)3-5-19(15)20-12-28-32(23(20)34)21-6-4-17(11-26-21)22(33)31-8-7-18(13-31)30(2)14-27-29-25/h3-6,9,11-12,18,34H,7-8,13-14H2,1-2H3/t18-/m0/s1. The quantitative estimate of drug-likeness (QED) is 0.341. The molecule has 1 amide bonds. The third kappa shape index (κ3) is 4.41. The van der Waals surface area contributed by atoms with Gasteiger partial charge in [-0.1, -0.05) is 11.2 Å². The van der Waals surface area contributed by atoms with Crippen LogP contribution in [0, 0.1) is 18.3 Å². The molecule has 1 atom stereocenters. The van der Waals surface area contributed by atoms with Gasteiger partial charge in [-0.2, -0.15) is 15.0 Å². The molecule has 1 aromatic carbocycles. The van der Waals surface area contributed by atoms with Crippen molar-refractivity contribution in [3.05, 3.63) is 69.9 Å². The maximum absolute atomic E-state index is 12.9. The molecule has 0 bridgehead atoms. The van der Waals surface area contributed by atoms with Gasteiger partial charge >= 0.3 is 0 Å². The van der Waals surface area contributed by atoms with Crippen LogP contribution >= 0.6 is 0 Å². The average Bonchev–Trinajstić information content (AvgIpc) is 3.49. The Hall–Kier alpha value is -4.39. The van der Waals surface area contributed by atoms with Gasteiger partial charge in [0.05, 0.1) is 35.6 Å². The van der Waals surface area contributed by atoms with Crippen molar-refractivity contribution >= 4 is 5.91 Å². The highest BCUT2D eigenvalue weighted by atomic mass is 16.3. The van der Waals surface area contributed by atoms with E-state index in [0.29, 0.717) is 35.6 Å². The normalized spacial score (nSPS) is 15.2. The van der Waals surface area contributed by atoms with Crippen LogP contribution in [0.25, 0.3) is 27.4 Å². The fourth-order valence-electron chi connectivity index (χ4n) is 4.09. The Morgan fingerprint density at radius 1 is 1.35 bits per heavy atom. The van der Waals surface area contributed by atoms with Crippen LogP contribution in [0.5, 0.6) is 5.88 Å². The van der Waals surface area contributed by atoms with Gasteiger partial charge in [0, 0.05) is 30.2 Å². The number of likely N-dealkylation sites (tertiary alicyclic amines) is 1. The third-order valence-corrected chi connectivity index (χ3v) is 6.02. The van der Waals surface area contributed by atoms with Crippen LogP contribution in [0.15, 0.2) is 47.8 Å². The van der Waals surface area contributed by atoms with Crippen molar-refractivity contribution in [3.8, 4) is 28.9 Å². The molecule has 0 unspecified atom stereocenters. The van der Waals surface area contributed by atoms with Gasteiger partial charge in [-0.3, -0.25) is 9.69 Å². The lowest BCUT2D eigenvalue weighted by Crippen LogP contribution is -2.36. The maximum Gasteiger partial charge on any atom is 0.255 e. The first-order valence-electron chi connectivity index (χ1n) is 10.7. The summed E-state index contributed by atoms with van der Waals surface area (Å²) in [5.41, 5.74) is 11.6. The largest absolute Gasteiger partial charge is 0.493 e. The molecule has 34 heavy (non-hydrogen) atoms. The maximum atomic E-state index is 12.9. The zero-order valence-corrected chi connectivity index (χ0v) is 18.8. The van der Waals surface area contributed by atoms with Gasteiger partial charge in [0.15, 0.2) is 5.82 Å². The Morgan fingerprint density at radius 2 is 2.18 bits per heavy atom. The number of benzene rings is 1. The van der Waals surface area contributed by atoms with Crippen LogP contribution in [-0.4, -0.2) is 68.4 Å². The molecule has 1 aliphatic heterocycles. The number of rotatable bonds is 6. The molecule has 11 heteroatoms. The van der Waals surface area contributed by atoms with Crippen LogP contribution in [-0.2, 0) is 0 Å². The summed E-state index contributed by atoms with van der Waals surface area (Å²) < 4.78 is 1.30. The highest BCUT2D eigenvalue weighted by molar-refractivity contribution is 5.94. The number of carbonyl (C=O) groups is 1. The number of pyridine rings is 1. The third-order valence-electron chi connectivity index (χ3n) is 6.02. The van der Waals surface area contributed by atoms with E-state index in [9.17, 15) is 9.90 Å². The fraction of sp³-hybridized carbons (Fsp3) is 0.304. The smallest absolute Gasteiger partial charge is 0.255 e. The Morgan fingerprint density at radius 3 is 2.85 bits per heavy atom. The first kappa shape index (κ1) is 22.8. The predicted molar refractivity (Wildman–Crippen MR) is 124 cm³/mol. The number of amides is 1. The molecule has 0 radical (unpaired) electrons. The molecular weight excluding hydrogens is 434 g/mol. The number of nitrogens with zero attached hydrogens (tertiary/aromatic N) is 9. The second kappa shape index (κ2) is 9.62. The number of aryl methyl sites for hydroxylation is 1. The molecule has 1 saturated heterocycles. The van der Waals surface area contributed by atoms with Gasteiger partial charge in [0.25, 0.3) is 5.91 Å². The van der Waals surface area contributed by atoms with Crippen molar-refractivity contribution in [2.24, 2.45) is 5.11 Å². The number of nitriles is 1.